The number of carbonyl (C=O) groups is 1. The predicted octanol–water partition coefficient (Wildman–Crippen LogP) is 2.74. The lowest BCUT2D eigenvalue weighted by Gasteiger charge is -2.16. The van der Waals surface area contributed by atoms with Crippen LogP contribution in [0.5, 0.6) is 5.75 Å². The number of likely N-dealkylation sites (tertiary alicyclic amines) is 1. The van der Waals surface area contributed by atoms with Crippen LogP contribution in [0.3, 0.4) is 0 Å². The van der Waals surface area contributed by atoms with Crippen molar-refractivity contribution in [3.8, 4) is 5.75 Å². The molecule has 1 aromatic carbocycles. The molecule has 0 bridgehead atoms. The van der Waals surface area contributed by atoms with Gasteiger partial charge in [0, 0.05) is 24.2 Å². The fourth-order valence-corrected chi connectivity index (χ4v) is 2.48. The van der Waals surface area contributed by atoms with E-state index in [4.69, 9.17) is 33.7 Å². The molecule has 0 aromatic heterocycles. The number of amides is 1. The average Bonchev–Trinajstić information content (AvgIpc) is 2.78. The minimum absolute atomic E-state index is 0. The molecule has 1 aliphatic heterocycles. The highest BCUT2D eigenvalue weighted by Gasteiger charge is 2.23. The number of rotatable bonds is 4. The second kappa shape index (κ2) is 7.93. The van der Waals surface area contributed by atoms with Crippen LogP contribution in [0.4, 0.5) is 0 Å². The van der Waals surface area contributed by atoms with E-state index in [1.807, 2.05) is 0 Å². The minimum atomic E-state index is 0. The number of nitrogens with zero attached hydrogens (tertiary/aromatic N) is 1. The second-order valence-electron chi connectivity index (χ2n) is 4.56. The summed E-state index contributed by atoms with van der Waals surface area (Å²) in [7, 11) is 0. The summed E-state index contributed by atoms with van der Waals surface area (Å²) in [6.07, 6.45) is 1.20. The largest absolute Gasteiger partial charge is 0.491 e. The zero-order valence-electron chi connectivity index (χ0n) is 10.9. The van der Waals surface area contributed by atoms with Crippen molar-refractivity contribution in [2.75, 3.05) is 19.7 Å². The van der Waals surface area contributed by atoms with Crippen LogP contribution >= 0.6 is 35.6 Å². The van der Waals surface area contributed by atoms with Gasteiger partial charge < -0.3 is 15.4 Å². The molecule has 0 unspecified atom stereocenters. The Kier molecular flexibility index (Phi) is 6.89. The van der Waals surface area contributed by atoms with Crippen LogP contribution in [-0.2, 0) is 4.79 Å². The highest BCUT2D eigenvalue weighted by Crippen LogP contribution is 2.27. The number of carbonyl (C=O) groups excluding carboxylic acids is 1. The molecule has 112 valence electrons. The quantitative estimate of drug-likeness (QED) is 0.917. The van der Waals surface area contributed by atoms with E-state index in [1.165, 1.54) is 0 Å². The van der Waals surface area contributed by atoms with E-state index in [9.17, 15) is 4.79 Å². The molecular weight excluding hydrogens is 323 g/mol. The van der Waals surface area contributed by atoms with Gasteiger partial charge in [-0.15, -0.1) is 12.4 Å². The first-order valence-corrected chi connectivity index (χ1v) is 6.93. The number of ether oxygens (including phenoxy) is 1. The summed E-state index contributed by atoms with van der Waals surface area (Å²) in [4.78, 5) is 13.6. The summed E-state index contributed by atoms with van der Waals surface area (Å²) in [5.74, 6) is 0.607. The number of nitrogens with two attached hydrogens (primary N) is 1. The van der Waals surface area contributed by atoms with Gasteiger partial charge in [0.1, 0.15) is 5.75 Å². The third-order valence-electron chi connectivity index (χ3n) is 3.04. The van der Waals surface area contributed by atoms with Gasteiger partial charge in [-0.2, -0.15) is 0 Å². The van der Waals surface area contributed by atoms with Gasteiger partial charge in [0.2, 0.25) is 5.91 Å². The molecule has 1 saturated heterocycles. The molecule has 20 heavy (non-hydrogen) atoms. The molecule has 0 aliphatic carbocycles. The Morgan fingerprint density at radius 1 is 1.45 bits per heavy atom. The van der Waals surface area contributed by atoms with Crippen LogP contribution in [0, 0.1) is 0 Å². The number of hydrogen-bond donors (Lipinski definition) is 1. The Morgan fingerprint density at radius 3 is 2.80 bits per heavy atom. The van der Waals surface area contributed by atoms with Crippen molar-refractivity contribution < 1.29 is 9.53 Å². The summed E-state index contributed by atoms with van der Waals surface area (Å²) in [5, 5.41) is 1.00. The summed E-state index contributed by atoms with van der Waals surface area (Å²) in [6.45, 7) is 1.67. The van der Waals surface area contributed by atoms with Gasteiger partial charge >= 0.3 is 0 Å². The first-order chi connectivity index (χ1) is 9.06. The van der Waals surface area contributed by atoms with Crippen LogP contribution in [0.25, 0.3) is 0 Å². The predicted molar refractivity (Wildman–Crippen MR) is 83.0 cm³/mol. The molecule has 0 radical (unpaired) electrons. The zero-order chi connectivity index (χ0) is 13.8. The average molecular weight is 340 g/mol. The lowest BCUT2D eigenvalue weighted by molar-refractivity contribution is -0.130. The number of hydrogen-bond acceptors (Lipinski definition) is 3. The Balaban J connectivity index is 0.00000200. The summed E-state index contributed by atoms with van der Waals surface area (Å²) >= 11 is 11.8. The molecule has 1 fully saturated rings. The number of benzene rings is 1. The number of halogens is 3. The Labute approximate surface area is 134 Å². The Bertz CT molecular complexity index is 471. The maximum absolute atomic E-state index is 11.9. The molecule has 7 heteroatoms. The van der Waals surface area contributed by atoms with Crippen LogP contribution in [0.15, 0.2) is 18.2 Å². The summed E-state index contributed by atoms with van der Waals surface area (Å²) in [5.41, 5.74) is 5.76. The van der Waals surface area contributed by atoms with Crippen molar-refractivity contribution in [2.45, 2.75) is 18.9 Å². The molecule has 0 spiro atoms. The van der Waals surface area contributed by atoms with Crippen molar-refractivity contribution in [2.24, 2.45) is 5.73 Å². The zero-order valence-corrected chi connectivity index (χ0v) is 13.2. The summed E-state index contributed by atoms with van der Waals surface area (Å²) in [6, 6.07) is 5.11. The van der Waals surface area contributed by atoms with Crippen molar-refractivity contribution in [1.82, 2.24) is 4.90 Å². The molecule has 2 N–H and O–H groups in total. The van der Waals surface area contributed by atoms with Gasteiger partial charge in [0.25, 0.3) is 0 Å². The Hall–Kier alpha value is -0.680. The van der Waals surface area contributed by atoms with Gasteiger partial charge in [-0.1, -0.05) is 23.2 Å². The molecule has 1 amide bonds. The SMILES string of the molecule is Cl.N[C@@H]1CCN(C(=O)CCOc2ccc(Cl)cc2Cl)C1. The molecule has 0 saturated carbocycles. The third kappa shape index (κ3) is 4.70. The van der Waals surface area contributed by atoms with Crippen molar-refractivity contribution in [3.05, 3.63) is 28.2 Å². The fourth-order valence-electron chi connectivity index (χ4n) is 2.01. The maximum atomic E-state index is 11.9. The first-order valence-electron chi connectivity index (χ1n) is 6.17. The standard InChI is InChI=1S/C13H16Cl2N2O2.ClH/c14-9-1-2-12(11(15)7-9)19-6-4-13(18)17-5-3-10(16)8-17;/h1-2,7,10H,3-6,8,16H2;1H/t10-;/m1./s1. The van der Waals surface area contributed by atoms with Crippen LogP contribution in [0.1, 0.15) is 12.8 Å². The molecule has 1 aliphatic rings. The van der Waals surface area contributed by atoms with Crippen LogP contribution < -0.4 is 10.5 Å². The minimum Gasteiger partial charge on any atom is -0.491 e. The highest BCUT2D eigenvalue weighted by atomic mass is 35.5. The molecular formula is C13H17Cl3N2O2. The van der Waals surface area contributed by atoms with Crippen molar-refractivity contribution in [1.29, 1.82) is 0 Å². The van der Waals surface area contributed by atoms with E-state index in [1.54, 1.807) is 23.1 Å². The lowest BCUT2D eigenvalue weighted by atomic mass is 10.3. The first kappa shape index (κ1) is 17.4. The van der Waals surface area contributed by atoms with Crippen LogP contribution in [0.2, 0.25) is 10.0 Å². The van der Waals surface area contributed by atoms with Gasteiger partial charge in [0.05, 0.1) is 18.1 Å². The normalized spacial score (nSPS) is 17.8. The van der Waals surface area contributed by atoms with Gasteiger partial charge in [0.15, 0.2) is 0 Å². The summed E-state index contributed by atoms with van der Waals surface area (Å²) < 4.78 is 5.48. The topological polar surface area (TPSA) is 55.6 Å². The smallest absolute Gasteiger partial charge is 0.226 e. The molecule has 1 atom stereocenters. The van der Waals surface area contributed by atoms with Gasteiger partial charge in [-0.3, -0.25) is 4.79 Å². The van der Waals surface area contributed by atoms with Crippen LogP contribution in [-0.4, -0.2) is 36.5 Å². The Morgan fingerprint density at radius 2 is 2.20 bits per heavy atom. The van der Waals surface area contributed by atoms with Crippen molar-refractivity contribution >= 4 is 41.5 Å². The maximum Gasteiger partial charge on any atom is 0.226 e. The second-order valence-corrected chi connectivity index (χ2v) is 5.41. The van der Waals surface area contributed by atoms with E-state index >= 15 is 0 Å². The highest BCUT2D eigenvalue weighted by molar-refractivity contribution is 6.35. The third-order valence-corrected chi connectivity index (χ3v) is 3.58. The van der Waals surface area contributed by atoms with E-state index in [0.717, 1.165) is 13.0 Å². The van der Waals surface area contributed by atoms with E-state index < -0.39 is 0 Å². The van der Waals surface area contributed by atoms with Crippen molar-refractivity contribution in [3.63, 3.8) is 0 Å². The van der Waals surface area contributed by atoms with Gasteiger partial charge in [-0.25, -0.2) is 0 Å². The monoisotopic (exact) mass is 338 g/mol. The molecule has 4 nitrogen and oxygen atoms in total. The molecule has 2 rings (SSSR count). The molecule has 1 aromatic rings. The molecule has 1 heterocycles. The van der Waals surface area contributed by atoms with E-state index in [-0.39, 0.29) is 24.4 Å². The van der Waals surface area contributed by atoms with E-state index in [0.29, 0.717) is 35.4 Å². The lowest BCUT2D eigenvalue weighted by Crippen LogP contribution is -2.32. The van der Waals surface area contributed by atoms with Gasteiger partial charge in [-0.05, 0) is 24.6 Å². The fraction of sp³-hybridized carbons (Fsp3) is 0.462. The van der Waals surface area contributed by atoms with E-state index in [2.05, 4.69) is 0 Å².